The molecule has 196 valence electrons. The van der Waals surface area contributed by atoms with E-state index in [0.29, 0.717) is 27.3 Å². The third-order valence-electron chi connectivity index (χ3n) is 6.36. The van der Waals surface area contributed by atoms with E-state index in [2.05, 4.69) is 19.6 Å². The van der Waals surface area contributed by atoms with Crippen LogP contribution in [0.15, 0.2) is 79.1 Å². The molecule has 4 aromatic rings. The van der Waals surface area contributed by atoms with Crippen LogP contribution in [0.4, 0.5) is 11.4 Å². The van der Waals surface area contributed by atoms with Crippen molar-refractivity contribution in [1.82, 2.24) is 14.9 Å². The highest BCUT2D eigenvalue weighted by Crippen LogP contribution is 2.44. The van der Waals surface area contributed by atoms with E-state index < -0.39 is 10.0 Å². The highest BCUT2D eigenvalue weighted by atomic mass is 35.5. The van der Waals surface area contributed by atoms with E-state index in [1.54, 1.807) is 18.3 Å². The van der Waals surface area contributed by atoms with Crippen LogP contribution in [0.2, 0.25) is 5.02 Å². The second-order valence-corrected chi connectivity index (χ2v) is 11.5. The summed E-state index contributed by atoms with van der Waals surface area (Å²) in [4.78, 5) is 6.60. The van der Waals surface area contributed by atoms with Crippen LogP contribution in [-0.4, -0.2) is 36.4 Å². The SMILES string of the molecule is COc1ccc(N2C(=S)N[C@@H](c3ccccn3)[C@H]2c2cccn2-c2ccc(Cl)c(C)c2)cc1NS(C)(=O)=O. The molecule has 0 bridgehead atoms. The molecule has 0 aliphatic carbocycles. The van der Waals surface area contributed by atoms with E-state index >= 15 is 0 Å². The lowest BCUT2D eigenvalue weighted by Gasteiger charge is -2.29. The first-order chi connectivity index (χ1) is 18.2. The molecule has 1 fully saturated rings. The minimum Gasteiger partial charge on any atom is -0.495 e. The van der Waals surface area contributed by atoms with Crippen LogP contribution in [0, 0.1) is 6.92 Å². The quantitative estimate of drug-likeness (QED) is 0.289. The zero-order valence-corrected chi connectivity index (χ0v) is 23.3. The molecule has 38 heavy (non-hydrogen) atoms. The number of anilines is 2. The maximum atomic E-state index is 12.1. The minimum absolute atomic E-state index is 0.279. The molecular formula is C27H26ClN5O3S2. The van der Waals surface area contributed by atoms with Crippen molar-refractivity contribution < 1.29 is 13.2 Å². The second-order valence-electron chi connectivity index (χ2n) is 8.99. The van der Waals surface area contributed by atoms with Gasteiger partial charge < -0.3 is 19.5 Å². The van der Waals surface area contributed by atoms with Gasteiger partial charge in [0, 0.05) is 34.5 Å². The molecule has 2 aromatic heterocycles. The number of rotatable bonds is 7. The van der Waals surface area contributed by atoms with E-state index in [9.17, 15) is 8.42 Å². The molecule has 11 heteroatoms. The van der Waals surface area contributed by atoms with Crippen molar-refractivity contribution in [2.45, 2.75) is 19.0 Å². The van der Waals surface area contributed by atoms with Gasteiger partial charge in [0.1, 0.15) is 11.8 Å². The molecule has 1 saturated heterocycles. The summed E-state index contributed by atoms with van der Waals surface area (Å²) in [5, 5.41) is 4.63. The number of aromatic nitrogens is 2. The Labute approximate surface area is 232 Å². The number of pyridine rings is 1. The summed E-state index contributed by atoms with van der Waals surface area (Å²) in [6.45, 7) is 1.97. The lowest BCUT2D eigenvalue weighted by Crippen LogP contribution is -2.30. The lowest BCUT2D eigenvalue weighted by atomic mass is 10.0. The van der Waals surface area contributed by atoms with Gasteiger partial charge in [0.25, 0.3) is 0 Å². The summed E-state index contributed by atoms with van der Waals surface area (Å²) >= 11 is 12.2. The summed E-state index contributed by atoms with van der Waals surface area (Å²) in [6, 6.07) is 20.4. The Morgan fingerprint density at radius 3 is 2.55 bits per heavy atom. The number of ether oxygens (including phenoxy) is 1. The summed E-state index contributed by atoms with van der Waals surface area (Å²) in [5.74, 6) is 0.398. The zero-order chi connectivity index (χ0) is 27.0. The third-order valence-corrected chi connectivity index (χ3v) is 7.69. The number of benzene rings is 2. The number of aryl methyl sites for hydroxylation is 1. The van der Waals surface area contributed by atoms with Crippen molar-refractivity contribution >= 4 is 50.3 Å². The molecule has 0 radical (unpaired) electrons. The number of methoxy groups -OCH3 is 1. The van der Waals surface area contributed by atoms with Crippen LogP contribution in [0.25, 0.3) is 5.69 Å². The summed E-state index contributed by atoms with van der Waals surface area (Å²) in [6.07, 6.45) is 4.85. The predicted octanol–water partition coefficient (Wildman–Crippen LogP) is 5.39. The fourth-order valence-electron chi connectivity index (χ4n) is 4.71. The number of sulfonamides is 1. The lowest BCUT2D eigenvalue weighted by molar-refractivity contribution is 0.417. The molecular weight excluding hydrogens is 542 g/mol. The van der Waals surface area contributed by atoms with E-state index in [4.69, 9.17) is 28.6 Å². The van der Waals surface area contributed by atoms with Gasteiger partial charge in [0.05, 0.1) is 30.8 Å². The van der Waals surface area contributed by atoms with Gasteiger partial charge in [0.15, 0.2) is 5.11 Å². The molecule has 3 heterocycles. The standard InChI is InChI=1S/C27H26ClN5O3S2/c1-17-15-18(9-11-20(17)28)32-14-6-8-23(32)26-25(21-7-4-5-13-29-21)30-27(37)33(26)19-10-12-24(36-2)22(16-19)31-38(3,34)35/h4-16,25-26,31H,1-3H3,(H,30,37)/t25-,26+/m0/s1. The highest BCUT2D eigenvalue weighted by molar-refractivity contribution is 7.92. The van der Waals surface area contributed by atoms with Gasteiger partial charge in [-0.15, -0.1) is 0 Å². The van der Waals surface area contributed by atoms with Crippen molar-refractivity contribution in [3.05, 3.63) is 101 Å². The van der Waals surface area contributed by atoms with E-state index in [1.807, 2.05) is 72.6 Å². The first-order valence-corrected chi connectivity index (χ1v) is 14.4. The van der Waals surface area contributed by atoms with Crippen molar-refractivity contribution in [2.75, 3.05) is 23.0 Å². The fourth-order valence-corrected chi connectivity index (χ4v) is 5.73. The Bertz CT molecular complexity index is 1610. The topological polar surface area (TPSA) is 88.5 Å². The van der Waals surface area contributed by atoms with Crippen LogP contribution >= 0.6 is 23.8 Å². The summed E-state index contributed by atoms with van der Waals surface area (Å²) < 4.78 is 34.2. The highest BCUT2D eigenvalue weighted by Gasteiger charge is 2.42. The number of hydrogen-bond donors (Lipinski definition) is 2. The first-order valence-electron chi connectivity index (χ1n) is 11.8. The number of nitrogens with one attached hydrogen (secondary N) is 2. The first kappa shape index (κ1) is 26.0. The monoisotopic (exact) mass is 567 g/mol. The molecule has 0 saturated carbocycles. The molecule has 0 unspecified atom stereocenters. The minimum atomic E-state index is -3.55. The van der Waals surface area contributed by atoms with Gasteiger partial charge in [-0.3, -0.25) is 9.71 Å². The van der Waals surface area contributed by atoms with Crippen molar-refractivity contribution in [2.24, 2.45) is 0 Å². The van der Waals surface area contributed by atoms with Crippen LogP contribution in [-0.2, 0) is 10.0 Å². The third kappa shape index (κ3) is 5.07. The average Bonchev–Trinajstić information content (AvgIpc) is 3.49. The number of thiocarbonyl (C=S) groups is 1. The van der Waals surface area contributed by atoms with Gasteiger partial charge >= 0.3 is 0 Å². The maximum Gasteiger partial charge on any atom is 0.229 e. The van der Waals surface area contributed by atoms with Crippen molar-refractivity contribution in [3.8, 4) is 11.4 Å². The molecule has 2 atom stereocenters. The van der Waals surface area contributed by atoms with Crippen LogP contribution < -0.4 is 19.7 Å². The molecule has 5 rings (SSSR count). The Kier molecular flexibility index (Phi) is 7.04. The molecule has 2 aromatic carbocycles. The maximum absolute atomic E-state index is 12.1. The molecule has 1 aliphatic heterocycles. The Morgan fingerprint density at radius 2 is 1.87 bits per heavy atom. The van der Waals surface area contributed by atoms with Gasteiger partial charge in [-0.25, -0.2) is 8.42 Å². The number of halogens is 1. The molecule has 1 aliphatic rings. The van der Waals surface area contributed by atoms with Crippen molar-refractivity contribution in [1.29, 1.82) is 0 Å². The fraction of sp³-hybridized carbons (Fsp3) is 0.185. The zero-order valence-electron chi connectivity index (χ0n) is 20.9. The predicted molar refractivity (Wildman–Crippen MR) is 155 cm³/mol. The van der Waals surface area contributed by atoms with E-state index in [0.717, 1.165) is 28.9 Å². The Hall–Kier alpha value is -3.60. The van der Waals surface area contributed by atoms with Crippen LogP contribution in [0.1, 0.15) is 29.0 Å². The Morgan fingerprint density at radius 1 is 1.08 bits per heavy atom. The molecule has 0 spiro atoms. The normalized spacial score (nSPS) is 17.4. The van der Waals surface area contributed by atoms with Crippen molar-refractivity contribution in [3.63, 3.8) is 0 Å². The van der Waals surface area contributed by atoms with Gasteiger partial charge in [-0.05, 0) is 85.4 Å². The van der Waals surface area contributed by atoms with Gasteiger partial charge in [-0.2, -0.15) is 0 Å². The van der Waals surface area contributed by atoms with Gasteiger partial charge in [0.2, 0.25) is 10.0 Å². The van der Waals surface area contributed by atoms with E-state index in [1.165, 1.54) is 7.11 Å². The largest absolute Gasteiger partial charge is 0.495 e. The molecule has 0 amide bonds. The number of hydrogen-bond acceptors (Lipinski definition) is 5. The van der Waals surface area contributed by atoms with Gasteiger partial charge in [-0.1, -0.05) is 17.7 Å². The molecule has 8 nitrogen and oxygen atoms in total. The number of nitrogens with zero attached hydrogens (tertiary/aromatic N) is 3. The summed E-state index contributed by atoms with van der Waals surface area (Å²) in [7, 11) is -2.05. The molecule has 2 N–H and O–H groups in total. The van der Waals surface area contributed by atoms with Crippen LogP contribution in [0.5, 0.6) is 5.75 Å². The second kappa shape index (κ2) is 10.3. The smallest absolute Gasteiger partial charge is 0.229 e. The van der Waals surface area contributed by atoms with Crippen LogP contribution in [0.3, 0.4) is 0 Å². The average molecular weight is 568 g/mol. The van der Waals surface area contributed by atoms with E-state index in [-0.39, 0.29) is 12.1 Å². The Balaban J connectivity index is 1.67. The summed E-state index contributed by atoms with van der Waals surface area (Å²) in [5.41, 5.74) is 4.72.